The van der Waals surface area contributed by atoms with Gasteiger partial charge in [-0.15, -0.1) is 0 Å². The van der Waals surface area contributed by atoms with Gasteiger partial charge in [-0.05, 0) is 31.2 Å². The number of benzene rings is 2. The van der Waals surface area contributed by atoms with E-state index in [-0.39, 0.29) is 23.4 Å². The molecular weight excluding hydrogens is 323 g/mol. The lowest BCUT2D eigenvalue weighted by Gasteiger charge is -2.09. The number of hydrogen-bond donors (Lipinski definition) is 2. The summed E-state index contributed by atoms with van der Waals surface area (Å²) in [6, 6.07) is 12.0. The van der Waals surface area contributed by atoms with Crippen LogP contribution in [0.2, 0.25) is 10.0 Å². The summed E-state index contributed by atoms with van der Waals surface area (Å²) in [4.78, 5) is 23.7. The maximum absolute atomic E-state index is 11.9. The van der Waals surface area contributed by atoms with Crippen LogP contribution in [0.3, 0.4) is 0 Å². The predicted molar refractivity (Wildman–Crippen MR) is 88.6 cm³/mol. The number of hydrogen-bond acceptors (Lipinski definition) is 2. The number of rotatable bonds is 4. The molecular formula is C16H14Cl2N2O2. The van der Waals surface area contributed by atoms with Gasteiger partial charge in [0.05, 0.1) is 22.3 Å². The summed E-state index contributed by atoms with van der Waals surface area (Å²) < 4.78 is 0. The van der Waals surface area contributed by atoms with Crippen molar-refractivity contribution in [2.75, 3.05) is 11.9 Å². The minimum Gasteiger partial charge on any atom is -0.343 e. The Labute approximate surface area is 138 Å². The van der Waals surface area contributed by atoms with E-state index in [1.54, 1.807) is 30.3 Å². The first-order valence-electron chi connectivity index (χ1n) is 6.56. The number of halogens is 2. The highest BCUT2D eigenvalue weighted by molar-refractivity contribution is 6.44. The number of carbonyl (C=O) groups is 2. The molecule has 0 aromatic heterocycles. The molecule has 4 nitrogen and oxygen atoms in total. The van der Waals surface area contributed by atoms with Gasteiger partial charge in [0.1, 0.15) is 0 Å². The van der Waals surface area contributed by atoms with Crippen LogP contribution >= 0.6 is 23.2 Å². The van der Waals surface area contributed by atoms with Crippen LogP contribution in [0.15, 0.2) is 42.5 Å². The molecule has 0 spiro atoms. The molecule has 2 aromatic carbocycles. The van der Waals surface area contributed by atoms with Crippen LogP contribution in [0, 0.1) is 6.92 Å². The van der Waals surface area contributed by atoms with Gasteiger partial charge >= 0.3 is 0 Å². The fraction of sp³-hybridized carbons (Fsp3) is 0.125. The van der Waals surface area contributed by atoms with Gasteiger partial charge in [-0.2, -0.15) is 0 Å². The summed E-state index contributed by atoms with van der Waals surface area (Å²) in [7, 11) is 0. The number of anilines is 1. The summed E-state index contributed by atoms with van der Waals surface area (Å²) >= 11 is 11.8. The highest BCUT2D eigenvalue weighted by atomic mass is 35.5. The summed E-state index contributed by atoms with van der Waals surface area (Å²) in [5.74, 6) is -0.697. The first-order valence-corrected chi connectivity index (χ1v) is 7.31. The average molecular weight is 337 g/mol. The van der Waals surface area contributed by atoms with Crippen molar-refractivity contribution < 1.29 is 9.59 Å². The molecule has 0 saturated heterocycles. The van der Waals surface area contributed by atoms with Crippen LogP contribution in [0.5, 0.6) is 0 Å². The van der Waals surface area contributed by atoms with Gasteiger partial charge in [0, 0.05) is 5.56 Å². The molecule has 2 N–H and O–H groups in total. The van der Waals surface area contributed by atoms with E-state index in [4.69, 9.17) is 23.2 Å². The molecule has 0 atom stereocenters. The number of amides is 2. The Morgan fingerprint density at radius 3 is 2.41 bits per heavy atom. The van der Waals surface area contributed by atoms with Crippen LogP contribution in [-0.4, -0.2) is 18.4 Å². The number of aryl methyl sites for hydroxylation is 1. The van der Waals surface area contributed by atoms with E-state index in [1.165, 1.54) is 0 Å². The summed E-state index contributed by atoms with van der Waals surface area (Å²) in [6.45, 7) is 1.78. The van der Waals surface area contributed by atoms with E-state index in [2.05, 4.69) is 10.6 Å². The van der Waals surface area contributed by atoms with Gasteiger partial charge in [0.25, 0.3) is 5.91 Å². The lowest BCUT2D eigenvalue weighted by atomic mass is 10.1. The fourth-order valence-electron chi connectivity index (χ4n) is 1.76. The molecule has 2 aromatic rings. The third-order valence-corrected chi connectivity index (χ3v) is 3.77. The Bertz CT molecular complexity index is 700. The van der Waals surface area contributed by atoms with E-state index in [0.29, 0.717) is 16.3 Å². The van der Waals surface area contributed by atoms with Crippen molar-refractivity contribution in [3.05, 3.63) is 63.6 Å². The van der Waals surface area contributed by atoms with Gasteiger partial charge in [-0.25, -0.2) is 0 Å². The molecule has 0 saturated carbocycles. The zero-order valence-electron chi connectivity index (χ0n) is 11.8. The van der Waals surface area contributed by atoms with Crippen LogP contribution in [-0.2, 0) is 4.79 Å². The molecule has 0 bridgehead atoms. The Hall–Kier alpha value is -2.04. The molecule has 6 heteroatoms. The molecule has 2 amide bonds. The Balaban J connectivity index is 1.91. The second-order valence-corrected chi connectivity index (χ2v) is 5.48. The molecule has 0 aliphatic rings. The van der Waals surface area contributed by atoms with Gasteiger partial charge in [-0.1, -0.05) is 47.0 Å². The van der Waals surface area contributed by atoms with E-state index in [1.807, 2.05) is 19.1 Å². The van der Waals surface area contributed by atoms with Gasteiger partial charge in [0.2, 0.25) is 5.91 Å². The molecule has 0 aliphatic heterocycles. The van der Waals surface area contributed by atoms with Crippen molar-refractivity contribution in [1.82, 2.24) is 5.32 Å². The lowest BCUT2D eigenvalue weighted by Crippen LogP contribution is -2.32. The third kappa shape index (κ3) is 4.23. The summed E-state index contributed by atoms with van der Waals surface area (Å²) in [6.07, 6.45) is 0. The van der Waals surface area contributed by atoms with Gasteiger partial charge in [0.15, 0.2) is 0 Å². The third-order valence-electron chi connectivity index (χ3n) is 2.95. The van der Waals surface area contributed by atoms with E-state index in [9.17, 15) is 9.59 Å². The smallest absolute Gasteiger partial charge is 0.251 e. The molecule has 114 valence electrons. The number of nitrogens with one attached hydrogen (secondary N) is 2. The maximum atomic E-state index is 11.9. The Morgan fingerprint density at radius 1 is 1.05 bits per heavy atom. The second kappa shape index (κ2) is 7.29. The largest absolute Gasteiger partial charge is 0.343 e. The quantitative estimate of drug-likeness (QED) is 0.894. The standard InChI is InChI=1S/C16H14Cl2N2O2/c1-10-5-7-11(8-6-10)16(22)19-9-14(21)20-13-4-2-3-12(17)15(13)18/h2-8H,9H2,1H3,(H,19,22)(H,20,21). The molecule has 0 aliphatic carbocycles. The minimum absolute atomic E-state index is 0.157. The fourth-order valence-corrected chi connectivity index (χ4v) is 2.11. The van der Waals surface area contributed by atoms with Gasteiger partial charge in [-0.3, -0.25) is 9.59 Å². The SMILES string of the molecule is Cc1ccc(C(=O)NCC(=O)Nc2cccc(Cl)c2Cl)cc1. The highest BCUT2D eigenvalue weighted by Gasteiger charge is 2.10. The van der Waals surface area contributed by atoms with Crippen LogP contribution in [0.1, 0.15) is 15.9 Å². The van der Waals surface area contributed by atoms with Gasteiger partial charge < -0.3 is 10.6 Å². The van der Waals surface area contributed by atoms with Crippen molar-refractivity contribution in [2.45, 2.75) is 6.92 Å². The zero-order valence-corrected chi connectivity index (χ0v) is 13.3. The molecule has 0 radical (unpaired) electrons. The predicted octanol–water partition coefficient (Wildman–Crippen LogP) is 3.67. The molecule has 0 heterocycles. The van der Waals surface area contributed by atoms with Crippen molar-refractivity contribution in [3.8, 4) is 0 Å². The molecule has 0 unspecified atom stereocenters. The van der Waals surface area contributed by atoms with Crippen LogP contribution < -0.4 is 10.6 Å². The minimum atomic E-state index is -0.385. The van der Waals surface area contributed by atoms with Crippen LogP contribution in [0.25, 0.3) is 0 Å². The summed E-state index contributed by atoms with van der Waals surface area (Å²) in [5.41, 5.74) is 1.97. The van der Waals surface area contributed by atoms with Crippen molar-refractivity contribution in [3.63, 3.8) is 0 Å². The zero-order chi connectivity index (χ0) is 16.1. The van der Waals surface area contributed by atoms with Crippen molar-refractivity contribution >= 4 is 40.7 Å². The maximum Gasteiger partial charge on any atom is 0.251 e. The highest BCUT2D eigenvalue weighted by Crippen LogP contribution is 2.29. The summed E-state index contributed by atoms with van der Waals surface area (Å²) in [5, 5.41) is 5.76. The topological polar surface area (TPSA) is 58.2 Å². The normalized spacial score (nSPS) is 10.1. The first-order chi connectivity index (χ1) is 10.5. The monoisotopic (exact) mass is 336 g/mol. The Kier molecular flexibility index (Phi) is 5.41. The van der Waals surface area contributed by atoms with Crippen molar-refractivity contribution in [1.29, 1.82) is 0 Å². The van der Waals surface area contributed by atoms with Crippen molar-refractivity contribution in [2.24, 2.45) is 0 Å². The molecule has 22 heavy (non-hydrogen) atoms. The van der Waals surface area contributed by atoms with E-state index < -0.39 is 0 Å². The average Bonchev–Trinajstić information content (AvgIpc) is 2.50. The van der Waals surface area contributed by atoms with Crippen LogP contribution in [0.4, 0.5) is 5.69 Å². The molecule has 2 rings (SSSR count). The van der Waals surface area contributed by atoms with E-state index in [0.717, 1.165) is 5.56 Å². The Morgan fingerprint density at radius 2 is 1.73 bits per heavy atom. The molecule has 0 fully saturated rings. The first kappa shape index (κ1) is 16.3. The van der Waals surface area contributed by atoms with E-state index >= 15 is 0 Å². The number of carbonyl (C=O) groups excluding carboxylic acids is 2. The lowest BCUT2D eigenvalue weighted by molar-refractivity contribution is -0.115. The second-order valence-electron chi connectivity index (χ2n) is 4.70.